The van der Waals surface area contributed by atoms with Gasteiger partial charge in [-0.05, 0) is 55.0 Å². The van der Waals surface area contributed by atoms with Crippen LogP contribution in [0.25, 0.3) is 6.08 Å². The van der Waals surface area contributed by atoms with Crippen molar-refractivity contribution in [1.29, 1.82) is 0 Å². The number of benzene rings is 2. The van der Waals surface area contributed by atoms with Gasteiger partial charge >= 0.3 is 0 Å². The van der Waals surface area contributed by atoms with Gasteiger partial charge in [0.1, 0.15) is 0 Å². The Bertz CT molecular complexity index is 678. The zero-order valence-electron chi connectivity index (χ0n) is 12.9. The van der Waals surface area contributed by atoms with Crippen molar-refractivity contribution in [2.45, 2.75) is 25.7 Å². The molecule has 0 aliphatic rings. The number of rotatable bonds is 7. The number of phenolic OH excluding ortho intramolecular Hbond substituents is 2. The van der Waals surface area contributed by atoms with Crippen LogP contribution in [0.1, 0.15) is 30.4 Å². The molecule has 0 fully saturated rings. The molecule has 0 atom stereocenters. The predicted octanol–water partition coefficient (Wildman–Crippen LogP) is 4.35. The SMILES string of the molecule is O/N=C(/C=C/c1ccc(O)c(O)c1)CCCCc1ccccc1. The number of oxime groups is 1. The summed E-state index contributed by atoms with van der Waals surface area (Å²) in [6, 6.07) is 14.8. The van der Waals surface area contributed by atoms with E-state index in [2.05, 4.69) is 17.3 Å². The number of nitrogens with zero attached hydrogens (tertiary/aromatic N) is 1. The standard InChI is InChI=1S/C19H21NO3/c21-18-13-11-16(14-19(18)22)10-12-17(20-23)9-5-4-8-15-6-2-1-3-7-15/h1-3,6-7,10-14,21-23H,4-5,8-9H2/b12-10+,20-17+. The molecular weight excluding hydrogens is 290 g/mol. The van der Waals surface area contributed by atoms with Crippen LogP contribution in [0.3, 0.4) is 0 Å². The number of phenols is 2. The second-order valence-corrected chi connectivity index (χ2v) is 5.37. The minimum absolute atomic E-state index is 0.154. The maximum atomic E-state index is 9.44. The monoisotopic (exact) mass is 311 g/mol. The van der Waals surface area contributed by atoms with Crippen LogP contribution in [-0.4, -0.2) is 21.1 Å². The minimum atomic E-state index is -0.169. The summed E-state index contributed by atoms with van der Waals surface area (Å²) in [5, 5.41) is 31.1. The number of aromatic hydroxyl groups is 2. The quantitative estimate of drug-likeness (QED) is 0.234. The third-order valence-corrected chi connectivity index (χ3v) is 3.59. The van der Waals surface area contributed by atoms with Crippen LogP contribution >= 0.6 is 0 Å². The van der Waals surface area contributed by atoms with E-state index in [0.717, 1.165) is 24.8 Å². The molecular formula is C19H21NO3. The van der Waals surface area contributed by atoms with E-state index < -0.39 is 0 Å². The molecule has 0 spiro atoms. The van der Waals surface area contributed by atoms with Gasteiger partial charge in [0.15, 0.2) is 11.5 Å². The van der Waals surface area contributed by atoms with E-state index in [0.29, 0.717) is 12.1 Å². The van der Waals surface area contributed by atoms with Crippen LogP contribution in [0.2, 0.25) is 0 Å². The highest BCUT2D eigenvalue weighted by Gasteiger charge is 2.00. The smallest absolute Gasteiger partial charge is 0.157 e. The highest BCUT2D eigenvalue weighted by atomic mass is 16.4. The van der Waals surface area contributed by atoms with Crippen LogP contribution in [-0.2, 0) is 6.42 Å². The first-order valence-electron chi connectivity index (χ1n) is 7.64. The van der Waals surface area contributed by atoms with Crippen LogP contribution < -0.4 is 0 Å². The fraction of sp³-hybridized carbons (Fsp3) is 0.211. The normalized spacial score (nSPS) is 11.9. The summed E-state index contributed by atoms with van der Waals surface area (Å²) in [4.78, 5) is 0. The first kappa shape index (κ1) is 16.6. The van der Waals surface area contributed by atoms with Crippen molar-refractivity contribution in [3.05, 3.63) is 65.7 Å². The third kappa shape index (κ3) is 5.51. The molecule has 2 rings (SSSR count). The molecule has 0 bridgehead atoms. The lowest BCUT2D eigenvalue weighted by molar-refractivity contribution is 0.318. The molecule has 3 N–H and O–H groups in total. The Morgan fingerprint density at radius 2 is 1.74 bits per heavy atom. The first-order chi connectivity index (χ1) is 11.2. The zero-order chi connectivity index (χ0) is 16.5. The maximum Gasteiger partial charge on any atom is 0.157 e. The predicted molar refractivity (Wildman–Crippen MR) is 92.0 cm³/mol. The van der Waals surface area contributed by atoms with Crippen LogP contribution in [0.5, 0.6) is 11.5 Å². The lowest BCUT2D eigenvalue weighted by atomic mass is 10.0. The fourth-order valence-corrected chi connectivity index (χ4v) is 2.28. The summed E-state index contributed by atoms with van der Waals surface area (Å²) in [6.45, 7) is 0. The number of aryl methyl sites for hydroxylation is 1. The molecule has 0 aliphatic heterocycles. The van der Waals surface area contributed by atoms with E-state index in [4.69, 9.17) is 5.21 Å². The number of allylic oxidation sites excluding steroid dienone is 1. The molecule has 0 radical (unpaired) electrons. The van der Waals surface area contributed by atoms with Gasteiger partial charge in [-0.3, -0.25) is 0 Å². The van der Waals surface area contributed by atoms with E-state index in [1.165, 1.54) is 17.7 Å². The Balaban J connectivity index is 1.81. The molecule has 0 saturated carbocycles. The first-order valence-corrected chi connectivity index (χ1v) is 7.64. The summed E-state index contributed by atoms with van der Waals surface area (Å²) in [5.74, 6) is -0.323. The molecule has 4 heteroatoms. The topological polar surface area (TPSA) is 73.1 Å². The molecule has 0 heterocycles. The average Bonchev–Trinajstić information content (AvgIpc) is 2.58. The van der Waals surface area contributed by atoms with Crippen molar-refractivity contribution in [2.24, 2.45) is 5.16 Å². The van der Waals surface area contributed by atoms with E-state index in [-0.39, 0.29) is 11.5 Å². The van der Waals surface area contributed by atoms with Crippen molar-refractivity contribution in [3.63, 3.8) is 0 Å². The van der Waals surface area contributed by atoms with E-state index >= 15 is 0 Å². The molecule has 4 nitrogen and oxygen atoms in total. The summed E-state index contributed by atoms with van der Waals surface area (Å²) in [5.41, 5.74) is 2.63. The highest BCUT2D eigenvalue weighted by molar-refractivity contribution is 5.97. The fourth-order valence-electron chi connectivity index (χ4n) is 2.28. The Morgan fingerprint density at radius 1 is 0.957 bits per heavy atom. The van der Waals surface area contributed by atoms with Gasteiger partial charge in [-0.1, -0.05) is 47.6 Å². The van der Waals surface area contributed by atoms with E-state index in [1.54, 1.807) is 18.2 Å². The van der Waals surface area contributed by atoms with Gasteiger partial charge in [0.25, 0.3) is 0 Å². The summed E-state index contributed by atoms with van der Waals surface area (Å²) in [7, 11) is 0. The minimum Gasteiger partial charge on any atom is -0.504 e. The lowest BCUT2D eigenvalue weighted by Crippen LogP contribution is -1.95. The average molecular weight is 311 g/mol. The molecule has 23 heavy (non-hydrogen) atoms. The highest BCUT2D eigenvalue weighted by Crippen LogP contribution is 2.25. The number of hydrogen-bond acceptors (Lipinski definition) is 4. The molecule has 0 amide bonds. The van der Waals surface area contributed by atoms with Crippen molar-refractivity contribution >= 4 is 11.8 Å². The van der Waals surface area contributed by atoms with Gasteiger partial charge in [0, 0.05) is 0 Å². The van der Waals surface area contributed by atoms with Gasteiger partial charge in [0.05, 0.1) is 5.71 Å². The molecule has 0 aliphatic carbocycles. The van der Waals surface area contributed by atoms with Crippen LogP contribution in [0, 0.1) is 0 Å². The lowest BCUT2D eigenvalue weighted by Gasteiger charge is -2.02. The molecule has 2 aromatic rings. The molecule has 0 aromatic heterocycles. The van der Waals surface area contributed by atoms with Gasteiger partial charge in [-0.25, -0.2) is 0 Å². The Hall–Kier alpha value is -2.75. The molecule has 2 aromatic carbocycles. The van der Waals surface area contributed by atoms with Crippen LogP contribution in [0.15, 0.2) is 59.8 Å². The van der Waals surface area contributed by atoms with E-state index in [1.807, 2.05) is 18.2 Å². The molecule has 120 valence electrons. The van der Waals surface area contributed by atoms with E-state index in [9.17, 15) is 10.2 Å². The van der Waals surface area contributed by atoms with Gasteiger partial charge in [0.2, 0.25) is 0 Å². The van der Waals surface area contributed by atoms with Gasteiger partial charge < -0.3 is 15.4 Å². The largest absolute Gasteiger partial charge is 0.504 e. The number of unbranched alkanes of at least 4 members (excludes halogenated alkanes) is 1. The van der Waals surface area contributed by atoms with Crippen molar-refractivity contribution in [2.75, 3.05) is 0 Å². The maximum absolute atomic E-state index is 9.44. The van der Waals surface area contributed by atoms with Crippen molar-refractivity contribution in [3.8, 4) is 11.5 Å². The summed E-state index contributed by atoms with van der Waals surface area (Å²) in [6.07, 6.45) is 7.11. The third-order valence-electron chi connectivity index (χ3n) is 3.59. The van der Waals surface area contributed by atoms with Crippen molar-refractivity contribution < 1.29 is 15.4 Å². The van der Waals surface area contributed by atoms with Gasteiger partial charge in [-0.15, -0.1) is 0 Å². The summed E-state index contributed by atoms with van der Waals surface area (Å²) >= 11 is 0. The zero-order valence-corrected chi connectivity index (χ0v) is 12.9. The number of hydrogen-bond donors (Lipinski definition) is 3. The second-order valence-electron chi connectivity index (χ2n) is 5.37. The van der Waals surface area contributed by atoms with Crippen LogP contribution in [0.4, 0.5) is 0 Å². The van der Waals surface area contributed by atoms with Gasteiger partial charge in [-0.2, -0.15) is 0 Å². The molecule has 0 saturated heterocycles. The Morgan fingerprint density at radius 3 is 2.43 bits per heavy atom. The van der Waals surface area contributed by atoms with Crippen molar-refractivity contribution in [1.82, 2.24) is 0 Å². The second kappa shape index (κ2) is 8.63. The Kier molecular flexibility index (Phi) is 6.24. The summed E-state index contributed by atoms with van der Waals surface area (Å²) < 4.78 is 0. The Labute approximate surface area is 136 Å². The molecule has 0 unspecified atom stereocenters.